The molecule has 0 saturated carbocycles. The number of pyridine rings is 1. The number of rotatable bonds is 1. The summed E-state index contributed by atoms with van der Waals surface area (Å²) in [6, 6.07) is 3.27. The second-order valence-electron chi connectivity index (χ2n) is 5.76. The minimum absolute atomic E-state index is 0.140. The highest BCUT2D eigenvalue weighted by molar-refractivity contribution is 6.41. The van der Waals surface area contributed by atoms with Crippen molar-refractivity contribution in [1.29, 1.82) is 0 Å². The lowest BCUT2D eigenvalue weighted by Crippen LogP contribution is -2.15. The number of carboxylic acid groups (broad SMARTS) is 1. The van der Waals surface area contributed by atoms with Gasteiger partial charge in [0.15, 0.2) is 0 Å². The molecule has 0 unspecified atom stereocenters. The summed E-state index contributed by atoms with van der Waals surface area (Å²) < 4.78 is 0. The molecule has 0 fully saturated rings. The van der Waals surface area contributed by atoms with Crippen molar-refractivity contribution >= 4 is 40.1 Å². The predicted molar refractivity (Wildman–Crippen MR) is 80.1 cm³/mol. The molecule has 1 aliphatic rings. The van der Waals surface area contributed by atoms with Crippen LogP contribution in [0.1, 0.15) is 41.9 Å². The number of aromatic carboxylic acids is 1. The number of benzene rings is 1. The van der Waals surface area contributed by atoms with E-state index in [4.69, 9.17) is 23.2 Å². The summed E-state index contributed by atoms with van der Waals surface area (Å²) in [4.78, 5) is 16.4. The van der Waals surface area contributed by atoms with Crippen molar-refractivity contribution < 1.29 is 9.90 Å². The highest BCUT2D eigenvalue weighted by Gasteiger charge is 2.36. The molecule has 0 amide bonds. The maximum atomic E-state index is 11.7. The summed E-state index contributed by atoms with van der Waals surface area (Å²) in [5, 5.41) is 10.9. The Labute approximate surface area is 126 Å². The first-order valence-corrected chi connectivity index (χ1v) is 7.13. The lowest BCUT2D eigenvalue weighted by atomic mass is 9.89. The summed E-state index contributed by atoms with van der Waals surface area (Å²) in [7, 11) is 0. The van der Waals surface area contributed by atoms with Crippen molar-refractivity contribution in [3.8, 4) is 0 Å². The smallest absolute Gasteiger partial charge is 0.336 e. The number of carboxylic acids is 1. The van der Waals surface area contributed by atoms with E-state index in [9.17, 15) is 9.90 Å². The Bertz CT molecular complexity index is 753. The second-order valence-corrected chi connectivity index (χ2v) is 6.57. The van der Waals surface area contributed by atoms with Gasteiger partial charge >= 0.3 is 5.97 Å². The molecule has 1 aliphatic carbocycles. The Morgan fingerprint density at radius 1 is 1.30 bits per heavy atom. The predicted octanol–water partition coefficient (Wildman–Crippen LogP) is 4.46. The quantitative estimate of drug-likeness (QED) is 0.846. The Kier molecular flexibility index (Phi) is 2.96. The van der Waals surface area contributed by atoms with Crippen molar-refractivity contribution in [2.75, 3.05) is 0 Å². The normalized spacial score (nSPS) is 16.4. The molecule has 1 aromatic carbocycles. The van der Waals surface area contributed by atoms with Crippen LogP contribution in [0.5, 0.6) is 0 Å². The molecule has 0 radical (unpaired) electrons. The third kappa shape index (κ3) is 1.80. The van der Waals surface area contributed by atoms with Gasteiger partial charge in [-0.15, -0.1) is 0 Å². The van der Waals surface area contributed by atoms with Gasteiger partial charge in [-0.25, -0.2) is 4.79 Å². The molecule has 0 aliphatic heterocycles. The summed E-state index contributed by atoms with van der Waals surface area (Å²) in [5.74, 6) is -0.976. The molecule has 5 heteroatoms. The number of aromatic nitrogens is 1. The first kappa shape index (κ1) is 13.7. The average molecular weight is 310 g/mol. The van der Waals surface area contributed by atoms with E-state index in [1.54, 1.807) is 12.1 Å². The Morgan fingerprint density at radius 2 is 1.95 bits per heavy atom. The lowest BCUT2D eigenvalue weighted by molar-refractivity contribution is 0.0698. The first-order chi connectivity index (χ1) is 9.33. The summed E-state index contributed by atoms with van der Waals surface area (Å²) >= 11 is 12.4. The van der Waals surface area contributed by atoms with Gasteiger partial charge in [0.05, 0.1) is 26.8 Å². The van der Waals surface area contributed by atoms with Gasteiger partial charge in [-0.1, -0.05) is 37.0 Å². The number of nitrogens with zero attached hydrogens (tertiary/aromatic N) is 1. The number of carbonyl (C=O) groups is 1. The highest BCUT2D eigenvalue weighted by Crippen LogP contribution is 2.43. The third-order valence-corrected chi connectivity index (χ3v) is 4.61. The van der Waals surface area contributed by atoms with E-state index in [0.717, 1.165) is 17.7 Å². The molecular weight excluding hydrogens is 297 g/mol. The Hall–Kier alpha value is -1.32. The Balaban J connectivity index is 2.54. The largest absolute Gasteiger partial charge is 0.478 e. The topological polar surface area (TPSA) is 50.2 Å². The van der Waals surface area contributed by atoms with Crippen molar-refractivity contribution in [2.24, 2.45) is 0 Å². The highest BCUT2D eigenvalue weighted by atomic mass is 35.5. The molecule has 3 rings (SSSR count). The van der Waals surface area contributed by atoms with Gasteiger partial charge in [0.25, 0.3) is 0 Å². The van der Waals surface area contributed by atoms with E-state index >= 15 is 0 Å². The fraction of sp³-hybridized carbons (Fsp3) is 0.333. The molecule has 3 nitrogen and oxygen atoms in total. The zero-order valence-electron chi connectivity index (χ0n) is 11.1. The summed E-state index contributed by atoms with van der Waals surface area (Å²) in [5.41, 5.74) is 2.21. The van der Waals surface area contributed by atoms with E-state index < -0.39 is 5.97 Å². The molecule has 0 atom stereocenters. The standard InChI is InChI=1S/C15H13Cl2NO2/c1-15(2)6-5-7-10(14(19)20)11-8(16)3-4-9(17)12(11)18-13(7)15/h3-4H,5-6H2,1-2H3,(H,19,20). The van der Waals surface area contributed by atoms with Crippen LogP contribution in [0.15, 0.2) is 12.1 Å². The average Bonchev–Trinajstić information content (AvgIpc) is 2.68. The first-order valence-electron chi connectivity index (χ1n) is 6.37. The van der Waals surface area contributed by atoms with Gasteiger partial charge in [-0.05, 0) is 30.5 Å². The second kappa shape index (κ2) is 4.34. The SMILES string of the molecule is CC1(C)CCc2c1nc1c(Cl)ccc(Cl)c1c2C(=O)O. The van der Waals surface area contributed by atoms with Crippen LogP contribution in [0.25, 0.3) is 10.9 Å². The van der Waals surface area contributed by atoms with Crippen LogP contribution < -0.4 is 0 Å². The molecular formula is C15H13Cl2NO2. The summed E-state index contributed by atoms with van der Waals surface area (Å²) in [6.45, 7) is 4.14. The van der Waals surface area contributed by atoms with Crippen LogP contribution in [-0.2, 0) is 11.8 Å². The van der Waals surface area contributed by atoms with E-state index in [0.29, 0.717) is 27.4 Å². The van der Waals surface area contributed by atoms with Crippen LogP contribution in [0.4, 0.5) is 0 Å². The molecule has 2 aromatic rings. The fourth-order valence-electron chi connectivity index (χ4n) is 2.93. The molecule has 1 heterocycles. The van der Waals surface area contributed by atoms with Crippen LogP contribution in [-0.4, -0.2) is 16.1 Å². The van der Waals surface area contributed by atoms with Gasteiger partial charge in [-0.3, -0.25) is 4.98 Å². The molecule has 0 spiro atoms. The van der Waals surface area contributed by atoms with Gasteiger partial charge in [0, 0.05) is 10.8 Å². The van der Waals surface area contributed by atoms with E-state index in [2.05, 4.69) is 18.8 Å². The van der Waals surface area contributed by atoms with Crippen molar-refractivity contribution in [1.82, 2.24) is 4.98 Å². The molecule has 1 N–H and O–H groups in total. The number of halogens is 2. The number of hydrogen-bond acceptors (Lipinski definition) is 2. The fourth-order valence-corrected chi connectivity index (χ4v) is 3.38. The van der Waals surface area contributed by atoms with E-state index in [-0.39, 0.29) is 11.0 Å². The molecule has 0 saturated heterocycles. The lowest BCUT2D eigenvalue weighted by Gasteiger charge is -2.19. The monoisotopic (exact) mass is 309 g/mol. The van der Waals surface area contributed by atoms with Gasteiger partial charge < -0.3 is 5.11 Å². The van der Waals surface area contributed by atoms with Gasteiger partial charge in [-0.2, -0.15) is 0 Å². The van der Waals surface area contributed by atoms with E-state index in [1.165, 1.54) is 0 Å². The summed E-state index contributed by atoms with van der Waals surface area (Å²) in [6.07, 6.45) is 1.58. The zero-order chi connectivity index (χ0) is 14.7. The van der Waals surface area contributed by atoms with Crippen LogP contribution in [0, 0.1) is 0 Å². The van der Waals surface area contributed by atoms with Gasteiger partial charge in [0.1, 0.15) is 0 Å². The number of hydrogen-bond donors (Lipinski definition) is 1. The molecule has 1 aromatic heterocycles. The third-order valence-electron chi connectivity index (χ3n) is 3.99. The molecule has 104 valence electrons. The molecule has 20 heavy (non-hydrogen) atoms. The van der Waals surface area contributed by atoms with Gasteiger partial charge in [0.2, 0.25) is 0 Å². The zero-order valence-corrected chi connectivity index (χ0v) is 12.6. The van der Waals surface area contributed by atoms with Crippen molar-refractivity contribution in [3.05, 3.63) is 39.0 Å². The molecule has 0 bridgehead atoms. The minimum Gasteiger partial charge on any atom is -0.478 e. The Morgan fingerprint density at radius 3 is 2.60 bits per heavy atom. The van der Waals surface area contributed by atoms with Crippen LogP contribution in [0.2, 0.25) is 10.0 Å². The van der Waals surface area contributed by atoms with Crippen LogP contribution in [0.3, 0.4) is 0 Å². The van der Waals surface area contributed by atoms with Crippen molar-refractivity contribution in [3.63, 3.8) is 0 Å². The maximum Gasteiger partial charge on any atom is 0.336 e. The van der Waals surface area contributed by atoms with Crippen molar-refractivity contribution in [2.45, 2.75) is 32.1 Å². The maximum absolute atomic E-state index is 11.7. The number of fused-ring (bicyclic) bond motifs is 2. The van der Waals surface area contributed by atoms with Crippen LogP contribution >= 0.6 is 23.2 Å². The minimum atomic E-state index is -0.976. The van der Waals surface area contributed by atoms with E-state index in [1.807, 2.05) is 0 Å².